The van der Waals surface area contributed by atoms with Crippen molar-refractivity contribution in [3.63, 3.8) is 0 Å². The van der Waals surface area contributed by atoms with E-state index in [4.69, 9.17) is 9.15 Å². The second kappa shape index (κ2) is 6.19. The Labute approximate surface area is 127 Å². The fourth-order valence-electron chi connectivity index (χ4n) is 2.00. The van der Waals surface area contributed by atoms with Gasteiger partial charge in [-0.15, -0.1) is 0 Å². The Morgan fingerprint density at radius 2 is 2.14 bits per heavy atom. The standard InChI is InChI=1S/C16H18FNO4/c1-10-7-8-13(22-10)16(2,20)9-18-15(19)11-5-4-6-12(21-3)14(11)17/h4-8,20H,9H2,1-3H3,(H,18,19). The molecule has 0 bridgehead atoms. The first-order chi connectivity index (χ1) is 10.3. The average Bonchev–Trinajstić information content (AvgIpc) is 2.92. The van der Waals surface area contributed by atoms with Crippen LogP contribution in [-0.2, 0) is 5.60 Å². The summed E-state index contributed by atoms with van der Waals surface area (Å²) in [6.07, 6.45) is 0. The van der Waals surface area contributed by atoms with E-state index in [0.717, 1.165) is 0 Å². The van der Waals surface area contributed by atoms with Crippen LogP contribution in [0.5, 0.6) is 5.75 Å². The summed E-state index contributed by atoms with van der Waals surface area (Å²) in [4.78, 5) is 12.1. The van der Waals surface area contributed by atoms with Gasteiger partial charge in [0.05, 0.1) is 19.2 Å². The zero-order valence-corrected chi connectivity index (χ0v) is 12.6. The highest BCUT2D eigenvalue weighted by molar-refractivity contribution is 5.94. The minimum Gasteiger partial charge on any atom is -0.494 e. The van der Waals surface area contributed by atoms with Crippen molar-refractivity contribution in [1.29, 1.82) is 0 Å². The quantitative estimate of drug-likeness (QED) is 0.889. The molecule has 0 aliphatic carbocycles. The number of nitrogens with one attached hydrogen (secondary N) is 1. The molecule has 22 heavy (non-hydrogen) atoms. The molecule has 1 aromatic carbocycles. The van der Waals surface area contributed by atoms with E-state index in [0.29, 0.717) is 11.5 Å². The minimum absolute atomic E-state index is 0.0129. The van der Waals surface area contributed by atoms with Gasteiger partial charge in [-0.3, -0.25) is 4.79 Å². The maximum atomic E-state index is 14.0. The van der Waals surface area contributed by atoms with Crippen LogP contribution >= 0.6 is 0 Å². The number of hydrogen-bond acceptors (Lipinski definition) is 4. The molecule has 1 amide bonds. The largest absolute Gasteiger partial charge is 0.494 e. The fourth-order valence-corrected chi connectivity index (χ4v) is 2.00. The molecular formula is C16H18FNO4. The van der Waals surface area contributed by atoms with Gasteiger partial charge < -0.3 is 19.6 Å². The molecule has 5 nitrogen and oxygen atoms in total. The highest BCUT2D eigenvalue weighted by atomic mass is 19.1. The number of benzene rings is 1. The highest BCUT2D eigenvalue weighted by Gasteiger charge is 2.28. The summed E-state index contributed by atoms with van der Waals surface area (Å²) in [6.45, 7) is 3.15. The highest BCUT2D eigenvalue weighted by Crippen LogP contribution is 2.23. The Bertz CT molecular complexity index is 679. The molecule has 1 atom stereocenters. The van der Waals surface area contributed by atoms with E-state index in [9.17, 15) is 14.3 Å². The van der Waals surface area contributed by atoms with Gasteiger partial charge in [-0.2, -0.15) is 0 Å². The van der Waals surface area contributed by atoms with Crippen molar-refractivity contribution in [3.8, 4) is 5.75 Å². The molecule has 0 radical (unpaired) electrons. The summed E-state index contributed by atoms with van der Waals surface area (Å²) in [7, 11) is 1.32. The van der Waals surface area contributed by atoms with Crippen LogP contribution in [0.15, 0.2) is 34.7 Å². The van der Waals surface area contributed by atoms with Crippen molar-refractivity contribution >= 4 is 5.91 Å². The van der Waals surface area contributed by atoms with Gasteiger partial charge in [-0.25, -0.2) is 4.39 Å². The van der Waals surface area contributed by atoms with Crippen molar-refractivity contribution in [2.45, 2.75) is 19.4 Å². The minimum atomic E-state index is -1.39. The van der Waals surface area contributed by atoms with Gasteiger partial charge in [-0.05, 0) is 38.1 Å². The molecule has 0 aliphatic heterocycles. The maximum Gasteiger partial charge on any atom is 0.254 e. The van der Waals surface area contributed by atoms with Crippen molar-refractivity contribution in [3.05, 3.63) is 53.2 Å². The summed E-state index contributed by atoms with van der Waals surface area (Å²) in [5.41, 5.74) is -1.54. The number of methoxy groups -OCH3 is 1. The molecule has 118 valence electrons. The van der Waals surface area contributed by atoms with E-state index >= 15 is 0 Å². The van der Waals surface area contributed by atoms with E-state index in [2.05, 4.69) is 5.32 Å². The lowest BCUT2D eigenvalue weighted by molar-refractivity contribution is 0.0322. The molecule has 2 rings (SSSR count). The van der Waals surface area contributed by atoms with Gasteiger partial charge in [0.1, 0.15) is 17.1 Å². The number of halogens is 1. The number of carbonyl (C=O) groups is 1. The van der Waals surface area contributed by atoms with Crippen LogP contribution in [0.3, 0.4) is 0 Å². The lowest BCUT2D eigenvalue weighted by Gasteiger charge is -2.21. The number of ether oxygens (including phenoxy) is 1. The van der Waals surface area contributed by atoms with E-state index in [-0.39, 0.29) is 17.9 Å². The monoisotopic (exact) mass is 307 g/mol. The Morgan fingerprint density at radius 1 is 1.41 bits per heavy atom. The lowest BCUT2D eigenvalue weighted by atomic mass is 10.0. The summed E-state index contributed by atoms with van der Waals surface area (Å²) in [5.74, 6) is -0.408. The number of carbonyl (C=O) groups excluding carboxylic acids is 1. The Balaban J connectivity index is 2.10. The third kappa shape index (κ3) is 3.28. The van der Waals surface area contributed by atoms with Gasteiger partial charge in [0.25, 0.3) is 5.91 Å². The zero-order valence-electron chi connectivity index (χ0n) is 12.6. The molecule has 0 saturated heterocycles. The van der Waals surface area contributed by atoms with Gasteiger partial charge in [0.2, 0.25) is 0 Å². The topological polar surface area (TPSA) is 71.7 Å². The van der Waals surface area contributed by atoms with E-state index in [1.807, 2.05) is 0 Å². The van der Waals surface area contributed by atoms with Gasteiger partial charge >= 0.3 is 0 Å². The second-order valence-electron chi connectivity index (χ2n) is 5.19. The molecular weight excluding hydrogens is 289 g/mol. The van der Waals surface area contributed by atoms with Gasteiger partial charge in [0, 0.05) is 0 Å². The molecule has 1 heterocycles. The van der Waals surface area contributed by atoms with Crippen LogP contribution in [0.1, 0.15) is 28.8 Å². The van der Waals surface area contributed by atoms with E-state index in [1.165, 1.54) is 32.2 Å². The normalized spacial score (nSPS) is 13.5. The molecule has 2 N–H and O–H groups in total. The van der Waals surface area contributed by atoms with Gasteiger partial charge in [-0.1, -0.05) is 6.07 Å². The van der Waals surface area contributed by atoms with Crippen molar-refractivity contribution < 1.29 is 23.4 Å². The fraction of sp³-hybridized carbons (Fsp3) is 0.312. The predicted octanol–water partition coefficient (Wildman–Crippen LogP) is 2.37. The molecule has 6 heteroatoms. The van der Waals surface area contributed by atoms with E-state index < -0.39 is 17.3 Å². The maximum absolute atomic E-state index is 14.0. The molecule has 2 aromatic rings. The average molecular weight is 307 g/mol. The smallest absolute Gasteiger partial charge is 0.254 e. The Kier molecular flexibility index (Phi) is 4.51. The Hall–Kier alpha value is -2.34. The van der Waals surface area contributed by atoms with Crippen LogP contribution in [0.2, 0.25) is 0 Å². The van der Waals surface area contributed by atoms with Crippen LogP contribution in [-0.4, -0.2) is 24.7 Å². The number of furan rings is 1. The first-order valence-corrected chi connectivity index (χ1v) is 6.75. The van der Waals surface area contributed by atoms with Crippen molar-refractivity contribution in [2.75, 3.05) is 13.7 Å². The third-order valence-electron chi connectivity index (χ3n) is 3.29. The lowest BCUT2D eigenvalue weighted by Crippen LogP contribution is -2.38. The second-order valence-corrected chi connectivity index (χ2v) is 5.19. The van der Waals surface area contributed by atoms with Crippen LogP contribution < -0.4 is 10.1 Å². The number of aryl methyl sites for hydroxylation is 1. The first-order valence-electron chi connectivity index (χ1n) is 6.75. The van der Waals surface area contributed by atoms with Gasteiger partial charge in [0.15, 0.2) is 11.6 Å². The molecule has 0 spiro atoms. The SMILES string of the molecule is COc1cccc(C(=O)NCC(C)(O)c2ccc(C)o2)c1F. The number of rotatable bonds is 5. The summed E-state index contributed by atoms with van der Waals surface area (Å²) in [5, 5.41) is 12.8. The predicted molar refractivity (Wildman–Crippen MR) is 78.3 cm³/mol. The molecule has 1 unspecified atom stereocenters. The third-order valence-corrected chi connectivity index (χ3v) is 3.29. The van der Waals surface area contributed by atoms with Crippen LogP contribution in [0, 0.1) is 12.7 Å². The number of hydrogen-bond donors (Lipinski definition) is 2. The Morgan fingerprint density at radius 3 is 2.73 bits per heavy atom. The number of amides is 1. The molecule has 0 aliphatic rings. The molecule has 0 saturated carbocycles. The first kappa shape index (κ1) is 16.0. The summed E-state index contributed by atoms with van der Waals surface area (Å²) >= 11 is 0. The molecule has 0 fully saturated rings. The summed E-state index contributed by atoms with van der Waals surface area (Å²) < 4.78 is 24.2. The number of aliphatic hydroxyl groups is 1. The van der Waals surface area contributed by atoms with Crippen molar-refractivity contribution in [1.82, 2.24) is 5.32 Å². The van der Waals surface area contributed by atoms with Crippen LogP contribution in [0.4, 0.5) is 4.39 Å². The zero-order chi connectivity index (χ0) is 16.3. The van der Waals surface area contributed by atoms with Crippen LogP contribution in [0.25, 0.3) is 0 Å². The summed E-state index contributed by atoms with van der Waals surface area (Å²) in [6, 6.07) is 7.64. The van der Waals surface area contributed by atoms with E-state index in [1.54, 1.807) is 19.1 Å². The molecule has 1 aromatic heterocycles. The van der Waals surface area contributed by atoms with Crippen molar-refractivity contribution in [2.24, 2.45) is 0 Å².